The van der Waals surface area contributed by atoms with Crippen LogP contribution in [0.15, 0.2) is 24.3 Å². The van der Waals surface area contributed by atoms with Gasteiger partial charge in [0.15, 0.2) is 0 Å². The second-order valence-electron chi connectivity index (χ2n) is 5.85. The van der Waals surface area contributed by atoms with Gasteiger partial charge >= 0.3 is 6.18 Å². The molecule has 1 aromatic carbocycles. The highest BCUT2D eigenvalue weighted by Crippen LogP contribution is 2.29. The van der Waals surface area contributed by atoms with Crippen LogP contribution >= 0.6 is 0 Å². The molecule has 0 atom stereocenters. The Morgan fingerprint density at radius 1 is 1.21 bits per heavy atom. The van der Waals surface area contributed by atoms with Crippen LogP contribution < -0.4 is 5.32 Å². The monoisotopic (exact) mass is 366 g/mol. The molecule has 136 valence electrons. The van der Waals surface area contributed by atoms with Gasteiger partial charge in [0.25, 0.3) is 5.91 Å². The molecular weight excluding hydrogens is 345 g/mol. The van der Waals surface area contributed by atoms with E-state index in [4.69, 9.17) is 0 Å². The zero-order chi connectivity index (χ0) is 18.5. The summed E-state index contributed by atoms with van der Waals surface area (Å²) in [5.74, 6) is -0.424. The van der Waals surface area contributed by atoms with Gasteiger partial charge in [0.1, 0.15) is 0 Å². The molecule has 0 saturated carbocycles. The maximum absolute atomic E-state index is 12.5. The zero-order valence-electron chi connectivity index (χ0n) is 13.7. The third-order valence-corrected chi connectivity index (χ3v) is 4.43. The highest BCUT2D eigenvalue weighted by Gasteiger charge is 2.30. The standard InChI is InChI=1S/C15H21F3N2O3S/c1-11(2)10-20(24(3,22)23)9-8-19-14(21)12-4-6-13(7-5-12)15(16,17)18/h4-7,11H,8-10H2,1-3H3,(H,19,21). The Morgan fingerprint density at radius 3 is 2.17 bits per heavy atom. The molecule has 0 aliphatic rings. The summed E-state index contributed by atoms with van der Waals surface area (Å²) in [6, 6.07) is 3.83. The van der Waals surface area contributed by atoms with Crippen molar-refractivity contribution in [2.24, 2.45) is 5.92 Å². The van der Waals surface area contributed by atoms with E-state index in [1.807, 2.05) is 13.8 Å². The van der Waals surface area contributed by atoms with E-state index in [1.165, 1.54) is 4.31 Å². The Bertz CT molecular complexity index is 656. The molecule has 5 nitrogen and oxygen atoms in total. The number of carbonyl (C=O) groups is 1. The minimum atomic E-state index is -4.46. The van der Waals surface area contributed by atoms with Crippen LogP contribution in [0, 0.1) is 5.92 Å². The van der Waals surface area contributed by atoms with Gasteiger partial charge in [0.2, 0.25) is 10.0 Å². The summed E-state index contributed by atoms with van der Waals surface area (Å²) >= 11 is 0. The van der Waals surface area contributed by atoms with Crippen LogP contribution in [0.5, 0.6) is 0 Å². The molecule has 1 amide bonds. The molecule has 0 aromatic heterocycles. The average molecular weight is 366 g/mol. The molecule has 1 aromatic rings. The first-order valence-electron chi connectivity index (χ1n) is 7.32. The van der Waals surface area contributed by atoms with Crippen molar-refractivity contribution in [2.45, 2.75) is 20.0 Å². The minimum Gasteiger partial charge on any atom is -0.351 e. The average Bonchev–Trinajstić information content (AvgIpc) is 2.44. The Balaban J connectivity index is 2.62. The first kappa shape index (κ1) is 20.4. The SMILES string of the molecule is CC(C)CN(CCNC(=O)c1ccc(C(F)(F)F)cc1)S(C)(=O)=O. The fraction of sp³-hybridized carbons (Fsp3) is 0.533. The molecule has 0 fully saturated rings. The lowest BCUT2D eigenvalue weighted by molar-refractivity contribution is -0.137. The molecule has 0 unspecified atom stereocenters. The van der Waals surface area contributed by atoms with Gasteiger partial charge in [0.05, 0.1) is 11.8 Å². The minimum absolute atomic E-state index is 0.0691. The van der Waals surface area contributed by atoms with Gasteiger partial charge in [-0.1, -0.05) is 13.8 Å². The highest BCUT2D eigenvalue weighted by atomic mass is 32.2. The number of nitrogens with zero attached hydrogens (tertiary/aromatic N) is 1. The van der Waals surface area contributed by atoms with E-state index in [2.05, 4.69) is 5.32 Å². The molecule has 0 radical (unpaired) electrons. The van der Waals surface area contributed by atoms with Crippen molar-refractivity contribution in [2.75, 3.05) is 25.9 Å². The second-order valence-corrected chi connectivity index (χ2v) is 7.83. The second kappa shape index (κ2) is 7.98. The summed E-state index contributed by atoms with van der Waals surface area (Å²) in [5.41, 5.74) is -0.753. The summed E-state index contributed by atoms with van der Waals surface area (Å²) in [6.07, 6.45) is -3.37. The number of hydrogen-bond donors (Lipinski definition) is 1. The Hall–Kier alpha value is -1.61. The fourth-order valence-electron chi connectivity index (χ4n) is 2.01. The Kier molecular flexibility index (Phi) is 6.79. The number of amides is 1. The van der Waals surface area contributed by atoms with Gasteiger partial charge in [0, 0.05) is 25.2 Å². The molecule has 0 saturated heterocycles. The van der Waals surface area contributed by atoms with E-state index in [9.17, 15) is 26.4 Å². The van der Waals surface area contributed by atoms with Gasteiger partial charge in [-0.2, -0.15) is 13.2 Å². The maximum atomic E-state index is 12.5. The van der Waals surface area contributed by atoms with Crippen molar-refractivity contribution >= 4 is 15.9 Å². The molecule has 0 aliphatic heterocycles. The number of halogens is 3. The lowest BCUT2D eigenvalue weighted by Gasteiger charge is -2.22. The van der Waals surface area contributed by atoms with Crippen molar-refractivity contribution in [1.29, 1.82) is 0 Å². The van der Waals surface area contributed by atoms with E-state index in [0.29, 0.717) is 6.54 Å². The van der Waals surface area contributed by atoms with Gasteiger partial charge in [-0.05, 0) is 30.2 Å². The topological polar surface area (TPSA) is 66.5 Å². The molecule has 0 bridgehead atoms. The number of rotatable bonds is 7. The normalized spacial score (nSPS) is 12.7. The van der Waals surface area contributed by atoms with Crippen LogP contribution in [0.1, 0.15) is 29.8 Å². The summed E-state index contributed by atoms with van der Waals surface area (Å²) in [4.78, 5) is 11.9. The lowest BCUT2D eigenvalue weighted by Crippen LogP contribution is -2.39. The highest BCUT2D eigenvalue weighted by molar-refractivity contribution is 7.88. The van der Waals surface area contributed by atoms with E-state index in [1.54, 1.807) is 0 Å². The predicted octanol–water partition coefficient (Wildman–Crippen LogP) is 2.35. The smallest absolute Gasteiger partial charge is 0.351 e. The first-order chi connectivity index (χ1) is 10.9. The van der Waals surface area contributed by atoms with Gasteiger partial charge < -0.3 is 5.32 Å². The van der Waals surface area contributed by atoms with Crippen LogP contribution in [0.4, 0.5) is 13.2 Å². The molecule has 0 spiro atoms. The Labute approximate surface area is 139 Å². The quantitative estimate of drug-likeness (QED) is 0.806. The van der Waals surface area contributed by atoms with E-state index >= 15 is 0 Å². The summed E-state index contributed by atoms with van der Waals surface area (Å²) in [5, 5.41) is 2.51. The van der Waals surface area contributed by atoms with Gasteiger partial charge in [-0.25, -0.2) is 12.7 Å². The molecule has 9 heteroatoms. The van der Waals surface area contributed by atoms with Crippen LogP contribution in [0.3, 0.4) is 0 Å². The first-order valence-corrected chi connectivity index (χ1v) is 9.16. The van der Waals surface area contributed by atoms with Crippen molar-refractivity contribution in [3.8, 4) is 0 Å². The zero-order valence-corrected chi connectivity index (χ0v) is 14.5. The van der Waals surface area contributed by atoms with Gasteiger partial charge in [-0.3, -0.25) is 4.79 Å². The molecule has 1 rings (SSSR count). The molecular formula is C15H21F3N2O3S. The van der Waals surface area contributed by atoms with Crippen LogP contribution in [-0.4, -0.2) is 44.5 Å². The lowest BCUT2D eigenvalue weighted by atomic mass is 10.1. The van der Waals surface area contributed by atoms with Crippen molar-refractivity contribution in [1.82, 2.24) is 9.62 Å². The van der Waals surface area contributed by atoms with Crippen molar-refractivity contribution in [3.63, 3.8) is 0 Å². The summed E-state index contributed by atoms with van der Waals surface area (Å²) in [7, 11) is -3.39. The largest absolute Gasteiger partial charge is 0.416 e. The number of hydrogen-bond acceptors (Lipinski definition) is 3. The van der Waals surface area contributed by atoms with Crippen LogP contribution in [0.25, 0.3) is 0 Å². The number of sulfonamides is 1. The molecule has 24 heavy (non-hydrogen) atoms. The molecule has 1 N–H and O–H groups in total. The third kappa shape index (κ3) is 6.48. The van der Waals surface area contributed by atoms with Crippen molar-refractivity contribution in [3.05, 3.63) is 35.4 Å². The fourth-order valence-corrected chi connectivity index (χ4v) is 3.00. The van der Waals surface area contributed by atoms with Crippen molar-refractivity contribution < 1.29 is 26.4 Å². The third-order valence-electron chi connectivity index (χ3n) is 3.16. The molecule has 0 heterocycles. The molecule has 0 aliphatic carbocycles. The predicted molar refractivity (Wildman–Crippen MR) is 85.0 cm³/mol. The number of benzene rings is 1. The number of nitrogens with one attached hydrogen (secondary N) is 1. The van der Waals surface area contributed by atoms with E-state index < -0.39 is 27.7 Å². The van der Waals surface area contributed by atoms with Crippen LogP contribution in [0.2, 0.25) is 0 Å². The van der Waals surface area contributed by atoms with E-state index in [-0.39, 0.29) is 24.6 Å². The van der Waals surface area contributed by atoms with Crippen LogP contribution in [-0.2, 0) is 16.2 Å². The summed E-state index contributed by atoms with van der Waals surface area (Å²) in [6.45, 7) is 4.25. The van der Waals surface area contributed by atoms with E-state index in [0.717, 1.165) is 30.5 Å². The Morgan fingerprint density at radius 2 is 1.75 bits per heavy atom. The maximum Gasteiger partial charge on any atom is 0.416 e. The summed E-state index contributed by atoms with van der Waals surface area (Å²) < 4.78 is 62.0. The number of alkyl halides is 3. The number of carbonyl (C=O) groups excluding carboxylic acids is 1. The van der Waals surface area contributed by atoms with Gasteiger partial charge in [-0.15, -0.1) is 0 Å².